The molecule has 168 valence electrons. The summed E-state index contributed by atoms with van der Waals surface area (Å²) in [6, 6.07) is 16.5. The van der Waals surface area contributed by atoms with Crippen LogP contribution in [0.1, 0.15) is 40.7 Å². The molecule has 8 nitrogen and oxygen atoms in total. The van der Waals surface area contributed by atoms with Crippen molar-refractivity contribution in [2.75, 3.05) is 10.6 Å². The number of carbonyl (C=O) groups excluding carboxylic acids is 2. The topological polar surface area (TPSA) is 101 Å². The molecule has 0 fully saturated rings. The van der Waals surface area contributed by atoms with Crippen LogP contribution in [-0.4, -0.2) is 31.4 Å². The molecule has 2 heterocycles. The average molecular weight is 461 g/mol. The second-order valence-corrected chi connectivity index (χ2v) is 8.47. The van der Waals surface area contributed by atoms with E-state index < -0.39 is 0 Å². The molecule has 0 saturated heterocycles. The average Bonchev–Trinajstić information content (AvgIpc) is 3.22. The summed E-state index contributed by atoms with van der Waals surface area (Å²) < 4.78 is 1.72. The first-order valence-corrected chi connectivity index (χ1v) is 11.5. The van der Waals surface area contributed by atoms with Crippen LogP contribution in [0.15, 0.2) is 59.8 Å². The van der Waals surface area contributed by atoms with E-state index in [9.17, 15) is 9.59 Å². The van der Waals surface area contributed by atoms with Gasteiger partial charge in [0.25, 0.3) is 11.7 Å². The van der Waals surface area contributed by atoms with Gasteiger partial charge in [-0.3, -0.25) is 9.59 Å². The summed E-state index contributed by atoms with van der Waals surface area (Å²) in [5.41, 5.74) is 4.67. The molecule has 2 aromatic heterocycles. The third kappa shape index (κ3) is 5.38. The second-order valence-electron chi connectivity index (χ2n) is 7.52. The van der Waals surface area contributed by atoms with Crippen molar-refractivity contribution >= 4 is 40.7 Å². The summed E-state index contributed by atoms with van der Waals surface area (Å²) >= 11 is 1.46. The fourth-order valence-electron chi connectivity index (χ4n) is 3.30. The first kappa shape index (κ1) is 22.5. The molecule has 0 spiro atoms. The third-order valence-electron chi connectivity index (χ3n) is 4.97. The summed E-state index contributed by atoms with van der Waals surface area (Å²) in [4.78, 5) is 33.4. The van der Waals surface area contributed by atoms with Crippen molar-refractivity contribution < 1.29 is 9.59 Å². The normalized spacial score (nSPS) is 10.9. The van der Waals surface area contributed by atoms with Crippen LogP contribution in [-0.2, 0) is 10.5 Å². The molecule has 0 aliphatic carbocycles. The predicted molar refractivity (Wildman–Crippen MR) is 130 cm³/mol. The Hall–Kier alpha value is -3.72. The van der Waals surface area contributed by atoms with Crippen LogP contribution in [0, 0.1) is 13.8 Å². The number of aromatic nitrogens is 4. The van der Waals surface area contributed by atoms with Crippen molar-refractivity contribution in [3.8, 4) is 0 Å². The highest BCUT2D eigenvalue weighted by atomic mass is 32.2. The predicted octanol–water partition coefficient (Wildman–Crippen LogP) is 4.63. The Balaban J connectivity index is 1.45. The molecule has 0 aliphatic heterocycles. The smallest absolute Gasteiger partial charge is 0.255 e. The fourth-order valence-corrected chi connectivity index (χ4v) is 4.13. The summed E-state index contributed by atoms with van der Waals surface area (Å²) in [5.74, 6) is 0.854. The Kier molecular flexibility index (Phi) is 6.69. The summed E-state index contributed by atoms with van der Waals surface area (Å²) in [7, 11) is 0. The first-order valence-electron chi connectivity index (χ1n) is 10.6. The van der Waals surface area contributed by atoms with Gasteiger partial charge in [-0.1, -0.05) is 36.9 Å². The minimum atomic E-state index is -0.201. The van der Waals surface area contributed by atoms with Gasteiger partial charge >= 0.3 is 0 Å². The zero-order valence-electron chi connectivity index (χ0n) is 18.6. The number of thioether (sulfide) groups is 1. The maximum Gasteiger partial charge on any atom is 0.255 e. The van der Waals surface area contributed by atoms with Gasteiger partial charge in [0.2, 0.25) is 11.1 Å². The van der Waals surface area contributed by atoms with E-state index >= 15 is 0 Å². The molecule has 33 heavy (non-hydrogen) atoms. The van der Waals surface area contributed by atoms with Crippen LogP contribution in [0.25, 0.3) is 5.78 Å². The zero-order chi connectivity index (χ0) is 23.4. The van der Waals surface area contributed by atoms with Crippen LogP contribution in [0.4, 0.5) is 11.4 Å². The molecule has 2 N–H and O–H groups in total. The molecule has 2 amide bonds. The molecule has 0 bridgehead atoms. The lowest BCUT2D eigenvalue weighted by atomic mass is 10.1. The van der Waals surface area contributed by atoms with E-state index in [1.54, 1.807) is 41.8 Å². The van der Waals surface area contributed by atoms with Crippen LogP contribution in [0.2, 0.25) is 0 Å². The number of fused-ring (bicyclic) bond motifs is 1. The van der Waals surface area contributed by atoms with E-state index in [4.69, 9.17) is 0 Å². The van der Waals surface area contributed by atoms with Gasteiger partial charge in [-0.2, -0.15) is 4.98 Å². The van der Waals surface area contributed by atoms with Crippen LogP contribution in [0.5, 0.6) is 0 Å². The molecule has 2 aromatic carbocycles. The molecule has 4 aromatic rings. The quantitative estimate of drug-likeness (QED) is 0.390. The van der Waals surface area contributed by atoms with Crippen LogP contribution in [0.3, 0.4) is 0 Å². The van der Waals surface area contributed by atoms with Crippen molar-refractivity contribution in [3.63, 3.8) is 0 Å². The first-order chi connectivity index (χ1) is 15.9. The van der Waals surface area contributed by atoms with Crippen LogP contribution >= 0.6 is 11.8 Å². The van der Waals surface area contributed by atoms with E-state index in [1.807, 2.05) is 38.1 Å². The number of hydrogen-bond acceptors (Lipinski definition) is 6. The number of amides is 2. The molecule has 0 saturated carbocycles. The van der Waals surface area contributed by atoms with Crippen molar-refractivity contribution in [1.29, 1.82) is 0 Å². The highest BCUT2D eigenvalue weighted by molar-refractivity contribution is 7.98. The van der Waals surface area contributed by atoms with Crippen molar-refractivity contribution in [2.24, 2.45) is 0 Å². The maximum absolute atomic E-state index is 12.9. The Morgan fingerprint density at radius 1 is 0.970 bits per heavy atom. The van der Waals surface area contributed by atoms with Gasteiger partial charge in [0.05, 0.1) is 0 Å². The molecule has 0 radical (unpaired) electrons. The Bertz CT molecular complexity index is 1320. The number of carbonyl (C=O) groups is 2. The molecule has 4 rings (SSSR count). The van der Waals surface area contributed by atoms with Gasteiger partial charge in [0, 0.05) is 40.5 Å². The van der Waals surface area contributed by atoms with Gasteiger partial charge in [0.15, 0.2) is 0 Å². The number of nitrogens with zero attached hydrogens (tertiary/aromatic N) is 4. The molecule has 9 heteroatoms. The number of hydrogen-bond donors (Lipinski definition) is 2. The van der Waals surface area contributed by atoms with E-state index in [2.05, 4.69) is 25.7 Å². The number of aryl methyl sites for hydroxylation is 2. The number of anilines is 2. The van der Waals surface area contributed by atoms with E-state index in [-0.39, 0.29) is 11.8 Å². The molecule has 0 aliphatic rings. The van der Waals surface area contributed by atoms with Gasteiger partial charge in [0.1, 0.15) is 0 Å². The summed E-state index contributed by atoms with van der Waals surface area (Å²) in [6.45, 7) is 5.69. The standard InChI is InChI=1S/C24H24N6O2S/c1-4-21(31)26-18-9-11-19(12-10-18)27-22(32)20-8-6-5-7-17(20)14-33-24-28-23-25-15(2)13-16(3)30(23)29-24/h5-13H,4,14H2,1-3H3,(H,26,31)(H,27,32). The second kappa shape index (κ2) is 9.83. The summed E-state index contributed by atoms with van der Waals surface area (Å²) in [6.07, 6.45) is 0.410. The fraction of sp³-hybridized carbons (Fsp3) is 0.208. The van der Waals surface area contributed by atoms with Gasteiger partial charge < -0.3 is 10.6 Å². The lowest BCUT2D eigenvalue weighted by molar-refractivity contribution is -0.115. The van der Waals surface area contributed by atoms with Crippen molar-refractivity contribution in [3.05, 3.63) is 77.1 Å². The number of benzene rings is 2. The zero-order valence-corrected chi connectivity index (χ0v) is 19.4. The molecule has 0 atom stereocenters. The van der Waals surface area contributed by atoms with Gasteiger partial charge in [-0.15, -0.1) is 5.10 Å². The van der Waals surface area contributed by atoms with Crippen molar-refractivity contribution in [2.45, 2.75) is 38.1 Å². The van der Waals surface area contributed by atoms with E-state index in [0.29, 0.717) is 40.0 Å². The minimum absolute atomic E-state index is 0.0561. The maximum atomic E-state index is 12.9. The SMILES string of the molecule is CCC(=O)Nc1ccc(NC(=O)c2ccccc2CSc2nc3nc(C)cc(C)n3n2)cc1. The van der Waals surface area contributed by atoms with Crippen molar-refractivity contribution in [1.82, 2.24) is 19.6 Å². The van der Waals surface area contributed by atoms with Gasteiger partial charge in [-0.05, 0) is 55.8 Å². The minimum Gasteiger partial charge on any atom is -0.326 e. The van der Waals surface area contributed by atoms with E-state index in [1.165, 1.54) is 11.8 Å². The molecule has 0 unspecified atom stereocenters. The largest absolute Gasteiger partial charge is 0.326 e. The van der Waals surface area contributed by atoms with Gasteiger partial charge in [-0.25, -0.2) is 9.50 Å². The third-order valence-corrected chi connectivity index (χ3v) is 5.85. The highest BCUT2D eigenvalue weighted by Gasteiger charge is 2.14. The molecular formula is C24H24N6O2S. The lowest BCUT2D eigenvalue weighted by Gasteiger charge is -2.10. The molecular weight excluding hydrogens is 436 g/mol. The number of rotatable bonds is 7. The summed E-state index contributed by atoms with van der Waals surface area (Å²) in [5, 5.41) is 10.8. The number of nitrogens with one attached hydrogen (secondary N) is 2. The monoisotopic (exact) mass is 460 g/mol. The Morgan fingerprint density at radius 3 is 2.39 bits per heavy atom. The lowest BCUT2D eigenvalue weighted by Crippen LogP contribution is -2.14. The van der Waals surface area contributed by atoms with E-state index in [0.717, 1.165) is 17.0 Å². The van der Waals surface area contributed by atoms with Crippen LogP contribution < -0.4 is 10.6 Å². The Morgan fingerprint density at radius 2 is 1.67 bits per heavy atom. The highest BCUT2D eigenvalue weighted by Crippen LogP contribution is 2.24. The Labute approximate surface area is 195 Å².